The second-order valence-electron chi connectivity index (χ2n) is 4.42. The van der Waals surface area contributed by atoms with E-state index in [4.69, 9.17) is 0 Å². The van der Waals surface area contributed by atoms with E-state index in [2.05, 4.69) is 35.4 Å². The Balaban J connectivity index is 2.13. The van der Waals surface area contributed by atoms with Crippen LogP contribution >= 0.6 is 0 Å². The summed E-state index contributed by atoms with van der Waals surface area (Å²) >= 11 is 0. The highest BCUT2D eigenvalue weighted by Gasteiger charge is 2.09. The topological polar surface area (TPSA) is 47.7 Å². The first-order chi connectivity index (χ1) is 8.74. The average Bonchev–Trinajstić information content (AvgIpc) is 2.95. The Morgan fingerprint density at radius 2 is 2.11 bits per heavy atom. The standard InChI is InChI=1S/C13H21N5/c1-4-7-14-9-11-6-8-18(15-11)13-10-17(3)16-12(13)5-2/h6,8,10,14H,4-5,7,9H2,1-3H3. The molecule has 5 nitrogen and oxygen atoms in total. The van der Waals surface area contributed by atoms with Crippen molar-refractivity contribution in [3.05, 3.63) is 29.8 Å². The largest absolute Gasteiger partial charge is 0.311 e. The third-order valence-corrected chi connectivity index (χ3v) is 2.84. The summed E-state index contributed by atoms with van der Waals surface area (Å²) in [5.41, 5.74) is 3.21. The van der Waals surface area contributed by atoms with E-state index >= 15 is 0 Å². The van der Waals surface area contributed by atoms with Crippen molar-refractivity contribution in [3.8, 4) is 5.69 Å². The van der Waals surface area contributed by atoms with Gasteiger partial charge in [-0.15, -0.1) is 0 Å². The van der Waals surface area contributed by atoms with Crippen LogP contribution in [0.15, 0.2) is 18.5 Å². The van der Waals surface area contributed by atoms with Gasteiger partial charge in [0.1, 0.15) is 5.69 Å². The predicted octanol–water partition coefficient (Wildman–Crippen LogP) is 1.67. The Bertz CT molecular complexity index is 497. The molecule has 1 N–H and O–H groups in total. The molecule has 2 heterocycles. The number of nitrogens with one attached hydrogen (secondary N) is 1. The van der Waals surface area contributed by atoms with E-state index < -0.39 is 0 Å². The van der Waals surface area contributed by atoms with Crippen LogP contribution in [0.5, 0.6) is 0 Å². The van der Waals surface area contributed by atoms with Crippen LogP contribution < -0.4 is 5.32 Å². The van der Waals surface area contributed by atoms with Gasteiger partial charge in [-0.25, -0.2) is 4.68 Å². The van der Waals surface area contributed by atoms with Crippen LogP contribution in [0.1, 0.15) is 31.7 Å². The van der Waals surface area contributed by atoms with Crippen LogP contribution in [-0.4, -0.2) is 26.1 Å². The second kappa shape index (κ2) is 5.82. The molecule has 98 valence electrons. The Morgan fingerprint density at radius 3 is 2.83 bits per heavy atom. The van der Waals surface area contributed by atoms with Crippen LogP contribution in [-0.2, 0) is 20.0 Å². The molecule has 0 spiro atoms. The SMILES string of the molecule is CCCNCc1ccn(-c2cn(C)nc2CC)n1. The number of nitrogens with zero attached hydrogens (tertiary/aromatic N) is 4. The van der Waals surface area contributed by atoms with E-state index in [0.717, 1.165) is 43.0 Å². The van der Waals surface area contributed by atoms with Crippen LogP contribution in [0.3, 0.4) is 0 Å². The van der Waals surface area contributed by atoms with Crippen LogP contribution in [0.25, 0.3) is 5.69 Å². The molecule has 0 aliphatic heterocycles. The van der Waals surface area contributed by atoms with Crippen LogP contribution in [0, 0.1) is 0 Å². The van der Waals surface area contributed by atoms with Crippen molar-refractivity contribution in [2.24, 2.45) is 7.05 Å². The Labute approximate surface area is 108 Å². The van der Waals surface area contributed by atoms with Crippen molar-refractivity contribution in [2.75, 3.05) is 6.54 Å². The van der Waals surface area contributed by atoms with Crippen molar-refractivity contribution >= 4 is 0 Å². The molecule has 0 fully saturated rings. The maximum Gasteiger partial charge on any atom is 0.106 e. The van der Waals surface area contributed by atoms with E-state index in [1.165, 1.54) is 0 Å². The monoisotopic (exact) mass is 247 g/mol. The second-order valence-corrected chi connectivity index (χ2v) is 4.42. The lowest BCUT2D eigenvalue weighted by molar-refractivity contribution is 0.656. The van der Waals surface area contributed by atoms with E-state index in [1.54, 1.807) is 0 Å². The van der Waals surface area contributed by atoms with Crippen molar-refractivity contribution in [1.29, 1.82) is 0 Å². The summed E-state index contributed by atoms with van der Waals surface area (Å²) in [5.74, 6) is 0. The molecule has 0 unspecified atom stereocenters. The average molecular weight is 247 g/mol. The summed E-state index contributed by atoms with van der Waals surface area (Å²) in [6.45, 7) is 6.12. The third kappa shape index (κ3) is 2.79. The van der Waals surface area contributed by atoms with Gasteiger partial charge < -0.3 is 5.32 Å². The molecule has 0 aliphatic carbocycles. The maximum absolute atomic E-state index is 4.58. The van der Waals surface area contributed by atoms with Gasteiger partial charge in [0, 0.05) is 19.8 Å². The van der Waals surface area contributed by atoms with Crippen molar-refractivity contribution in [2.45, 2.75) is 33.2 Å². The summed E-state index contributed by atoms with van der Waals surface area (Å²) in [6, 6.07) is 2.05. The molecule has 18 heavy (non-hydrogen) atoms. The van der Waals surface area contributed by atoms with E-state index in [9.17, 15) is 0 Å². The van der Waals surface area contributed by atoms with Gasteiger partial charge in [-0.05, 0) is 25.5 Å². The Kier molecular flexibility index (Phi) is 4.15. The van der Waals surface area contributed by atoms with Gasteiger partial charge in [-0.2, -0.15) is 10.2 Å². The van der Waals surface area contributed by atoms with Gasteiger partial charge in [0.05, 0.1) is 17.6 Å². The first-order valence-corrected chi connectivity index (χ1v) is 6.52. The number of hydrogen-bond acceptors (Lipinski definition) is 3. The van der Waals surface area contributed by atoms with Gasteiger partial charge in [0.15, 0.2) is 0 Å². The lowest BCUT2D eigenvalue weighted by atomic mass is 10.3. The minimum Gasteiger partial charge on any atom is -0.311 e. The minimum absolute atomic E-state index is 0.822. The van der Waals surface area contributed by atoms with Gasteiger partial charge in [-0.3, -0.25) is 4.68 Å². The number of hydrogen-bond donors (Lipinski definition) is 1. The van der Waals surface area contributed by atoms with Crippen molar-refractivity contribution in [1.82, 2.24) is 24.9 Å². The molecule has 0 bridgehead atoms. The first kappa shape index (κ1) is 12.8. The zero-order valence-corrected chi connectivity index (χ0v) is 11.3. The van der Waals surface area contributed by atoms with E-state index in [-0.39, 0.29) is 0 Å². The van der Waals surface area contributed by atoms with Crippen LogP contribution in [0.2, 0.25) is 0 Å². The van der Waals surface area contributed by atoms with Gasteiger partial charge >= 0.3 is 0 Å². The molecule has 2 aromatic rings. The maximum atomic E-state index is 4.58. The number of aryl methyl sites for hydroxylation is 2. The fourth-order valence-electron chi connectivity index (χ4n) is 1.95. The molecule has 0 amide bonds. The van der Waals surface area contributed by atoms with Gasteiger partial charge in [-0.1, -0.05) is 13.8 Å². The highest BCUT2D eigenvalue weighted by molar-refractivity contribution is 5.33. The number of rotatable bonds is 6. The number of aromatic nitrogens is 4. The molecular formula is C13H21N5. The molecule has 2 rings (SSSR count). The van der Waals surface area contributed by atoms with Crippen molar-refractivity contribution < 1.29 is 0 Å². The predicted molar refractivity (Wildman–Crippen MR) is 71.7 cm³/mol. The molecule has 2 aromatic heterocycles. The lowest BCUT2D eigenvalue weighted by Crippen LogP contribution is -2.14. The van der Waals surface area contributed by atoms with E-state index in [1.807, 2.05) is 28.8 Å². The van der Waals surface area contributed by atoms with E-state index in [0.29, 0.717) is 0 Å². The smallest absolute Gasteiger partial charge is 0.106 e. The minimum atomic E-state index is 0.822. The molecule has 0 aliphatic rings. The van der Waals surface area contributed by atoms with Gasteiger partial charge in [0.25, 0.3) is 0 Å². The summed E-state index contributed by atoms with van der Waals surface area (Å²) in [4.78, 5) is 0. The lowest BCUT2D eigenvalue weighted by Gasteiger charge is -2.00. The third-order valence-electron chi connectivity index (χ3n) is 2.84. The molecule has 5 heteroatoms. The highest BCUT2D eigenvalue weighted by Crippen LogP contribution is 2.13. The molecule has 0 aromatic carbocycles. The fraction of sp³-hybridized carbons (Fsp3) is 0.538. The zero-order chi connectivity index (χ0) is 13.0. The molecule has 0 radical (unpaired) electrons. The quantitative estimate of drug-likeness (QED) is 0.790. The first-order valence-electron chi connectivity index (χ1n) is 6.52. The fourth-order valence-corrected chi connectivity index (χ4v) is 1.95. The summed E-state index contributed by atoms with van der Waals surface area (Å²) in [5, 5.41) is 12.4. The summed E-state index contributed by atoms with van der Waals surface area (Å²) in [7, 11) is 1.94. The normalized spacial score (nSPS) is 11.1. The Morgan fingerprint density at radius 1 is 1.28 bits per heavy atom. The molecular weight excluding hydrogens is 226 g/mol. The molecule has 0 saturated carbocycles. The zero-order valence-electron chi connectivity index (χ0n) is 11.3. The van der Waals surface area contributed by atoms with Crippen LogP contribution in [0.4, 0.5) is 0 Å². The van der Waals surface area contributed by atoms with Gasteiger partial charge in [0.2, 0.25) is 0 Å². The molecule has 0 saturated heterocycles. The van der Waals surface area contributed by atoms with Crippen molar-refractivity contribution in [3.63, 3.8) is 0 Å². The Hall–Kier alpha value is -1.62. The molecule has 0 atom stereocenters. The highest BCUT2D eigenvalue weighted by atomic mass is 15.3. The summed E-state index contributed by atoms with van der Waals surface area (Å²) in [6.07, 6.45) is 6.07. The summed E-state index contributed by atoms with van der Waals surface area (Å²) < 4.78 is 3.75.